The maximum atomic E-state index is 14.4. The first-order chi connectivity index (χ1) is 26.1. The zero-order chi connectivity index (χ0) is 38.0. The quantitative estimate of drug-likeness (QED) is 0.0922. The second kappa shape index (κ2) is 15.8. The molecule has 8 nitrogen and oxygen atoms in total. The summed E-state index contributed by atoms with van der Waals surface area (Å²) in [4.78, 5) is 30.1. The number of benzene rings is 3. The molecule has 2 N–H and O–H groups in total. The lowest BCUT2D eigenvalue weighted by Crippen LogP contribution is -2.66. The first-order valence-corrected chi connectivity index (χ1v) is 21.1. The molecule has 54 heavy (non-hydrogen) atoms. The Kier molecular flexibility index (Phi) is 11.1. The molecule has 0 bridgehead atoms. The van der Waals surface area contributed by atoms with Crippen molar-refractivity contribution in [2.45, 2.75) is 77.4 Å². The second-order valence-electron chi connectivity index (χ2n) is 15.8. The summed E-state index contributed by atoms with van der Waals surface area (Å²) in [6.45, 7) is 8.95. The number of furan rings is 1. The summed E-state index contributed by atoms with van der Waals surface area (Å²) in [6.07, 6.45) is 4.15. The molecular formula is C44H50BNO7Si. The minimum atomic E-state index is -2.97. The van der Waals surface area contributed by atoms with Gasteiger partial charge in [0.05, 0.1) is 30.2 Å². The monoisotopic (exact) mass is 743 g/mol. The number of carbonyl (C=O) groups excluding carboxylic acids is 2. The smallest absolute Gasteiger partial charge is 0.455 e. The minimum Gasteiger partial charge on any atom is -0.459 e. The van der Waals surface area contributed by atoms with E-state index in [1.165, 1.54) is 4.90 Å². The summed E-state index contributed by atoms with van der Waals surface area (Å²) in [5.74, 6) is -0.795. The first kappa shape index (κ1) is 38.0. The zero-order valence-corrected chi connectivity index (χ0v) is 32.6. The van der Waals surface area contributed by atoms with Crippen molar-refractivity contribution >= 4 is 49.4 Å². The molecule has 3 heterocycles. The Balaban J connectivity index is 1.30. The van der Waals surface area contributed by atoms with Gasteiger partial charge in [-0.2, -0.15) is 0 Å². The predicted molar refractivity (Wildman–Crippen MR) is 214 cm³/mol. The fourth-order valence-corrected chi connectivity index (χ4v) is 13.7. The van der Waals surface area contributed by atoms with Crippen LogP contribution in [0, 0.1) is 17.8 Å². The van der Waals surface area contributed by atoms with Gasteiger partial charge in [0.15, 0.2) is 0 Å². The molecule has 1 aliphatic carbocycles. The van der Waals surface area contributed by atoms with E-state index in [1.54, 1.807) is 18.2 Å². The van der Waals surface area contributed by atoms with Crippen LogP contribution in [0.4, 0.5) is 5.69 Å². The standard InChI is InChI=1S/C44H50BNO7Si/c1-5-30(25-33-22-23-34(28-47)52-33)21-24-39-40-31(29-51-54(44(2,3)4,35-17-11-7-12-18-35)36-19-13-8-14-20-36)26-37-41(38(40)27-45(50)53-39)43(49)46(42(37)48)32-15-9-6-10-16-32/h6-20,22-23,25,37-39,41,47,50H,5,21,24,26-29H2,1-4H3/b30-25+/t37-,38+,39-,41-/m1/s1. The van der Waals surface area contributed by atoms with Crippen LogP contribution in [0.25, 0.3) is 6.08 Å². The molecule has 0 radical (unpaired) electrons. The molecular weight excluding hydrogens is 693 g/mol. The van der Waals surface area contributed by atoms with Crippen molar-refractivity contribution in [2.75, 3.05) is 11.5 Å². The predicted octanol–water partition coefficient (Wildman–Crippen LogP) is 6.92. The first-order valence-electron chi connectivity index (χ1n) is 19.2. The van der Waals surface area contributed by atoms with Crippen molar-refractivity contribution in [3.8, 4) is 0 Å². The van der Waals surface area contributed by atoms with Crippen molar-refractivity contribution in [1.82, 2.24) is 0 Å². The number of hydrogen-bond acceptors (Lipinski definition) is 7. The molecule has 3 aromatic carbocycles. The van der Waals surface area contributed by atoms with E-state index in [4.69, 9.17) is 13.5 Å². The molecule has 1 aromatic heterocycles. The largest absolute Gasteiger partial charge is 0.459 e. The zero-order valence-electron chi connectivity index (χ0n) is 31.6. The molecule has 3 aliphatic rings. The van der Waals surface area contributed by atoms with E-state index < -0.39 is 33.4 Å². The normalized spacial score (nSPS) is 22.1. The molecule has 2 aliphatic heterocycles. The van der Waals surface area contributed by atoms with Crippen molar-refractivity contribution in [1.29, 1.82) is 0 Å². The Morgan fingerprint density at radius 1 is 0.907 bits per heavy atom. The number of aliphatic hydroxyl groups excluding tert-OH is 1. The number of allylic oxidation sites excluding steroid dienone is 1. The minimum absolute atomic E-state index is 0.164. The number of hydrogen-bond donors (Lipinski definition) is 2. The van der Waals surface area contributed by atoms with Crippen molar-refractivity contribution in [3.05, 3.63) is 131 Å². The van der Waals surface area contributed by atoms with Gasteiger partial charge in [-0.25, -0.2) is 0 Å². The van der Waals surface area contributed by atoms with Gasteiger partial charge in [0.1, 0.15) is 18.1 Å². The number of aliphatic hydroxyl groups is 1. The van der Waals surface area contributed by atoms with Crippen molar-refractivity contribution in [3.63, 3.8) is 0 Å². The number of carbonyl (C=O) groups is 2. The van der Waals surface area contributed by atoms with E-state index in [1.807, 2.05) is 42.5 Å². The van der Waals surface area contributed by atoms with Gasteiger partial charge in [-0.15, -0.1) is 0 Å². The number of para-hydroxylation sites is 1. The van der Waals surface area contributed by atoms with Crippen LogP contribution in [0.15, 0.2) is 124 Å². The van der Waals surface area contributed by atoms with Gasteiger partial charge >= 0.3 is 7.12 Å². The molecule has 2 amide bonds. The number of anilines is 1. The molecule has 2 fully saturated rings. The van der Waals surface area contributed by atoms with Gasteiger partial charge in [0, 0.05) is 0 Å². The summed E-state index contributed by atoms with van der Waals surface area (Å²) in [5.41, 5.74) is 3.68. The van der Waals surface area contributed by atoms with Crippen molar-refractivity contribution < 1.29 is 33.2 Å². The van der Waals surface area contributed by atoms with Crippen LogP contribution in [0.3, 0.4) is 0 Å². The third-order valence-electron chi connectivity index (χ3n) is 11.6. The average Bonchev–Trinajstić information content (AvgIpc) is 3.74. The van der Waals surface area contributed by atoms with E-state index >= 15 is 0 Å². The van der Waals surface area contributed by atoms with Crippen LogP contribution < -0.4 is 15.3 Å². The van der Waals surface area contributed by atoms with Gasteiger partial charge in [0.2, 0.25) is 11.8 Å². The van der Waals surface area contributed by atoms with Crippen LogP contribution >= 0.6 is 0 Å². The van der Waals surface area contributed by atoms with Crippen LogP contribution in [0.5, 0.6) is 0 Å². The van der Waals surface area contributed by atoms with Gasteiger partial charge in [-0.05, 0) is 94.8 Å². The number of imide groups is 1. The van der Waals surface area contributed by atoms with E-state index in [2.05, 4.69) is 76.2 Å². The molecule has 0 saturated carbocycles. The van der Waals surface area contributed by atoms with Crippen LogP contribution in [-0.2, 0) is 25.3 Å². The van der Waals surface area contributed by atoms with Crippen LogP contribution in [0.1, 0.15) is 64.9 Å². The Morgan fingerprint density at radius 3 is 2.11 bits per heavy atom. The molecule has 280 valence electrons. The maximum Gasteiger partial charge on any atom is 0.455 e. The van der Waals surface area contributed by atoms with E-state index in [0.717, 1.165) is 33.5 Å². The Bertz CT molecular complexity index is 1970. The summed E-state index contributed by atoms with van der Waals surface area (Å²) in [6, 6.07) is 33.8. The molecule has 7 rings (SSSR count). The third-order valence-corrected chi connectivity index (χ3v) is 16.6. The summed E-state index contributed by atoms with van der Waals surface area (Å²) in [5, 5.41) is 22.8. The molecule has 2 saturated heterocycles. The Morgan fingerprint density at radius 2 is 1.54 bits per heavy atom. The lowest BCUT2D eigenvalue weighted by atomic mass is 9.58. The number of fused-ring (bicyclic) bond motifs is 3. The van der Waals surface area contributed by atoms with Crippen molar-refractivity contribution in [2.24, 2.45) is 17.8 Å². The lowest BCUT2D eigenvalue weighted by molar-refractivity contribution is -0.122. The number of amides is 2. The summed E-state index contributed by atoms with van der Waals surface area (Å²) >= 11 is 0. The highest BCUT2D eigenvalue weighted by Gasteiger charge is 2.58. The third kappa shape index (κ3) is 7.13. The summed E-state index contributed by atoms with van der Waals surface area (Å²) in [7, 11) is -4.05. The van der Waals surface area contributed by atoms with Crippen LogP contribution in [0.2, 0.25) is 11.4 Å². The maximum absolute atomic E-state index is 14.4. The Labute approximate surface area is 319 Å². The van der Waals surface area contributed by atoms with Gasteiger partial charge < -0.3 is 23.6 Å². The highest BCUT2D eigenvalue weighted by Crippen LogP contribution is 2.52. The van der Waals surface area contributed by atoms with E-state index in [-0.39, 0.29) is 42.3 Å². The fourth-order valence-electron chi connectivity index (χ4n) is 9.11. The molecule has 0 spiro atoms. The van der Waals surface area contributed by atoms with Crippen LogP contribution in [-0.4, -0.2) is 50.1 Å². The highest BCUT2D eigenvalue weighted by molar-refractivity contribution is 6.99. The number of nitrogens with zero attached hydrogens (tertiary/aromatic N) is 1. The Hall–Kier alpha value is -4.32. The molecule has 4 aromatic rings. The van der Waals surface area contributed by atoms with Gasteiger partial charge in [0.25, 0.3) is 8.32 Å². The average molecular weight is 744 g/mol. The topological polar surface area (TPSA) is 109 Å². The van der Waals surface area contributed by atoms with Gasteiger partial charge in [-0.3, -0.25) is 14.5 Å². The number of rotatable bonds is 12. The summed E-state index contributed by atoms with van der Waals surface area (Å²) < 4.78 is 19.7. The molecule has 10 heteroatoms. The van der Waals surface area contributed by atoms with Gasteiger partial charge in [-0.1, -0.05) is 112 Å². The molecule has 0 unspecified atom stereocenters. The highest BCUT2D eigenvalue weighted by atomic mass is 28.4. The fraction of sp³-hybridized carbons (Fsp3) is 0.364. The van der Waals surface area contributed by atoms with E-state index in [9.17, 15) is 19.7 Å². The lowest BCUT2D eigenvalue weighted by Gasteiger charge is -2.46. The van der Waals surface area contributed by atoms with E-state index in [0.29, 0.717) is 36.5 Å². The second-order valence-corrected chi connectivity index (χ2v) is 20.1. The molecule has 4 atom stereocenters. The SMILES string of the molecule is CC/C(=C\c1ccc(CO)o1)CC[C@H]1OB(O)C[C@H]2C1=C(CO[Si](c1ccccc1)(c1ccccc1)C(C)(C)C)C[C@H]1C(=O)N(c3ccccc3)C(=O)[C@H]12.